The van der Waals surface area contributed by atoms with Crippen molar-refractivity contribution in [2.45, 2.75) is 6.04 Å². The van der Waals surface area contributed by atoms with E-state index in [2.05, 4.69) is 15.3 Å². The predicted molar refractivity (Wildman–Crippen MR) is 76.9 cm³/mol. The second-order valence-electron chi connectivity index (χ2n) is 4.08. The standard InChI is InChI=1S/C14H15N5O/c15-13(16)19-14(20)18-12(10-6-2-1-3-7-10)11-8-4-5-9-17-11/h1-9,12H,(H5,15,16,18,19,20). The van der Waals surface area contributed by atoms with Crippen LogP contribution in [-0.4, -0.2) is 17.0 Å². The quantitative estimate of drug-likeness (QED) is 0.574. The van der Waals surface area contributed by atoms with Crippen LogP contribution in [0.15, 0.2) is 59.7 Å². The molecule has 2 rings (SSSR count). The van der Waals surface area contributed by atoms with Gasteiger partial charge in [-0.25, -0.2) is 4.79 Å². The van der Waals surface area contributed by atoms with Gasteiger partial charge < -0.3 is 16.8 Å². The maximum Gasteiger partial charge on any atom is 0.344 e. The summed E-state index contributed by atoms with van der Waals surface area (Å²) < 4.78 is 0. The Hall–Kier alpha value is -2.89. The number of aliphatic imine (C=N–C) groups is 1. The fourth-order valence-electron chi connectivity index (χ4n) is 1.79. The molecule has 1 aromatic carbocycles. The summed E-state index contributed by atoms with van der Waals surface area (Å²) in [5.41, 5.74) is 12.0. The summed E-state index contributed by atoms with van der Waals surface area (Å²) in [6, 6.07) is 13.9. The molecule has 6 heteroatoms. The zero-order valence-electron chi connectivity index (χ0n) is 10.7. The lowest BCUT2D eigenvalue weighted by Gasteiger charge is -2.17. The molecule has 5 N–H and O–H groups in total. The monoisotopic (exact) mass is 269 g/mol. The van der Waals surface area contributed by atoms with Crippen LogP contribution < -0.4 is 16.8 Å². The Kier molecular flexibility index (Phi) is 4.28. The van der Waals surface area contributed by atoms with Crippen molar-refractivity contribution in [1.82, 2.24) is 10.3 Å². The third kappa shape index (κ3) is 3.55. The lowest BCUT2D eigenvalue weighted by atomic mass is 10.0. The van der Waals surface area contributed by atoms with Crippen LogP contribution in [0.3, 0.4) is 0 Å². The number of guanidine groups is 1. The van der Waals surface area contributed by atoms with Crippen LogP contribution in [0.5, 0.6) is 0 Å². The van der Waals surface area contributed by atoms with Gasteiger partial charge in [0, 0.05) is 6.20 Å². The smallest absolute Gasteiger partial charge is 0.344 e. The second kappa shape index (κ2) is 6.33. The molecule has 0 fully saturated rings. The van der Waals surface area contributed by atoms with Crippen LogP contribution in [0.25, 0.3) is 0 Å². The van der Waals surface area contributed by atoms with Gasteiger partial charge in [0.05, 0.1) is 11.7 Å². The van der Waals surface area contributed by atoms with E-state index in [9.17, 15) is 4.79 Å². The van der Waals surface area contributed by atoms with Crippen molar-refractivity contribution in [3.05, 3.63) is 66.0 Å². The van der Waals surface area contributed by atoms with Gasteiger partial charge in [0.1, 0.15) is 0 Å². The highest BCUT2D eigenvalue weighted by Gasteiger charge is 2.17. The number of urea groups is 1. The summed E-state index contributed by atoms with van der Waals surface area (Å²) >= 11 is 0. The fourth-order valence-corrected chi connectivity index (χ4v) is 1.79. The number of carbonyl (C=O) groups is 1. The van der Waals surface area contributed by atoms with Gasteiger partial charge in [-0.05, 0) is 17.7 Å². The highest BCUT2D eigenvalue weighted by Crippen LogP contribution is 2.19. The third-order valence-electron chi connectivity index (χ3n) is 2.61. The first-order valence-corrected chi connectivity index (χ1v) is 6.03. The van der Waals surface area contributed by atoms with Gasteiger partial charge in [-0.2, -0.15) is 4.99 Å². The molecular formula is C14H15N5O. The van der Waals surface area contributed by atoms with E-state index in [0.717, 1.165) is 5.56 Å². The average Bonchev–Trinajstić information content (AvgIpc) is 2.46. The lowest BCUT2D eigenvalue weighted by molar-refractivity contribution is 0.247. The zero-order valence-corrected chi connectivity index (χ0v) is 10.7. The zero-order chi connectivity index (χ0) is 14.4. The predicted octanol–water partition coefficient (Wildman–Crippen LogP) is 1.15. The molecule has 0 spiro atoms. The van der Waals surface area contributed by atoms with Gasteiger partial charge in [-0.1, -0.05) is 36.4 Å². The van der Waals surface area contributed by atoms with E-state index < -0.39 is 12.1 Å². The normalized spacial score (nSPS) is 11.4. The summed E-state index contributed by atoms with van der Waals surface area (Å²) in [7, 11) is 0. The number of hydrogen-bond donors (Lipinski definition) is 3. The number of amides is 2. The molecule has 0 saturated carbocycles. The van der Waals surface area contributed by atoms with Crippen LogP contribution >= 0.6 is 0 Å². The number of rotatable bonds is 3. The van der Waals surface area contributed by atoms with Crippen LogP contribution in [0.2, 0.25) is 0 Å². The first kappa shape index (κ1) is 13.5. The van der Waals surface area contributed by atoms with E-state index in [1.54, 1.807) is 6.20 Å². The van der Waals surface area contributed by atoms with Gasteiger partial charge >= 0.3 is 6.03 Å². The highest BCUT2D eigenvalue weighted by molar-refractivity contribution is 5.90. The van der Waals surface area contributed by atoms with Crippen molar-refractivity contribution in [2.24, 2.45) is 16.5 Å². The Morgan fingerprint density at radius 2 is 1.80 bits per heavy atom. The molecule has 2 amide bonds. The number of hydrogen-bond acceptors (Lipinski definition) is 2. The second-order valence-corrected chi connectivity index (χ2v) is 4.08. The van der Waals surface area contributed by atoms with Crippen LogP contribution in [0, 0.1) is 0 Å². The molecule has 0 aliphatic heterocycles. The molecule has 1 atom stereocenters. The summed E-state index contributed by atoms with van der Waals surface area (Å²) in [5.74, 6) is -0.282. The van der Waals surface area contributed by atoms with Gasteiger partial charge in [0.25, 0.3) is 0 Å². The number of nitrogens with zero attached hydrogens (tertiary/aromatic N) is 2. The number of benzene rings is 1. The molecule has 0 radical (unpaired) electrons. The van der Waals surface area contributed by atoms with E-state index >= 15 is 0 Å². The molecule has 0 saturated heterocycles. The number of aromatic nitrogens is 1. The van der Waals surface area contributed by atoms with Crippen molar-refractivity contribution in [3.8, 4) is 0 Å². The first-order valence-electron chi connectivity index (χ1n) is 6.03. The minimum Gasteiger partial charge on any atom is -0.370 e. The molecule has 1 unspecified atom stereocenters. The number of carbonyl (C=O) groups excluding carboxylic acids is 1. The Morgan fingerprint density at radius 1 is 1.10 bits per heavy atom. The third-order valence-corrected chi connectivity index (χ3v) is 2.61. The van der Waals surface area contributed by atoms with Crippen LogP contribution in [-0.2, 0) is 0 Å². The fraction of sp³-hybridized carbons (Fsp3) is 0.0714. The molecule has 1 heterocycles. The Labute approximate surface area is 116 Å². The molecule has 20 heavy (non-hydrogen) atoms. The average molecular weight is 269 g/mol. The maximum atomic E-state index is 11.7. The summed E-state index contributed by atoms with van der Waals surface area (Å²) in [5, 5.41) is 2.73. The van der Waals surface area contributed by atoms with Crippen LogP contribution in [0.4, 0.5) is 4.79 Å². The number of nitrogens with two attached hydrogens (primary N) is 2. The van der Waals surface area contributed by atoms with Crippen molar-refractivity contribution in [3.63, 3.8) is 0 Å². The number of pyridine rings is 1. The summed E-state index contributed by atoms with van der Waals surface area (Å²) in [4.78, 5) is 19.4. The molecule has 1 aromatic heterocycles. The first-order chi connectivity index (χ1) is 9.66. The van der Waals surface area contributed by atoms with Gasteiger partial charge in [0.2, 0.25) is 0 Å². The number of nitrogens with one attached hydrogen (secondary N) is 1. The van der Waals surface area contributed by atoms with E-state index in [1.165, 1.54) is 0 Å². The molecule has 0 aliphatic carbocycles. The molecule has 6 nitrogen and oxygen atoms in total. The Bertz CT molecular complexity index is 554. The van der Waals surface area contributed by atoms with Gasteiger partial charge in [0.15, 0.2) is 5.96 Å². The van der Waals surface area contributed by atoms with E-state index in [0.29, 0.717) is 5.69 Å². The van der Waals surface area contributed by atoms with Crippen molar-refractivity contribution >= 4 is 12.0 Å². The SMILES string of the molecule is NC(N)=NC(=O)NC(c1ccccc1)c1ccccn1. The minimum absolute atomic E-state index is 0.282. The molecule has 0 aliphatic rings. The maximum absolute atomic E-state index is 11.7. The van der Waals surface area contributed by atoms with E-state index in [1.807, 2.05) is 48.5 Å². The highest BCUT2D eigenvalue weighted by atomic mass is 16.2. The topological polar surface area (TPSA) is 106 Å². The molecule has 2 aromatic rings. The minimum atomic E-state index is -0.607. The van der Waals surface area contributed by atoms with Crippen molar-refractivity contribution in [2.75, 3.05) is 0 Å². The van der Waals surface area contributed by atoms with E-state index in [-0.39, 0.29) is 5.96 Å². The molecule has 102 valence electrons. The molecular weight excluding hydrogens is 254 g/mol. The summed E-state index contributed by atoms with van der Waals surface area (Å²) in [6.45, 7) is 0. The van der Waals surface area contributed by atoms with Crippen molar-refractivity contribution < 1.29 is 4.79 Å². The van der Waals surface area contributed by atoms with E-state index in [4.69, 9.17) is 11.5 Å². The summed E-state index contributed by atoms with van der Waals surface area (Å²) in [6.07, 6.45) is 1.66. The lowest BCUT2D eigenvalue weighted by Crippen LogP contribution is -2.31. The van der Waals surface area contributed by atoms with Crippen molar-refractivity contribution in [1.29, 1.82) is 0 Å². The van der Waals surface area contributed by atoms with Crippen LogP contribution in [0.1, 0.15) is 17.3 Å². The Morgan fingerprint density at radius 3 is 2.40 bits per heavy atom. The van der Waals surface area contributed by atoms with Gasteiger partial charge in [-0.15, -0.1) is 0 Å². The Balaban J connectivity index is 2.31. The molecule has 0 bridgehead atoms. The van der Waals surface area contributed by atoms with Gasteiger partial charge in [-0.3, -0.25) is 4.98 Å². The largest absolute Gasteiger partial charge is 0.370 e.